The first kappa shape index (κ1) is 17.2. The molecule has 1 N–H and O–H groups in total. The molecule has 1 aromatic carbocycles. The number of nitrogens with one attached hydrogen (secondary N) is 1. The number of rotatable bonds is 5. The molecule has 1 aliphatic rings. The molecular weight excluding hydrogens is 322 g/mol. The Labute approximate surface area is 134 Å². The third-order valence-corrected chi connectivity index (χ3v) is 5.44. The molecule has 23 heavy (non-hydrogen) atoms. The molecular formula is C14H19N3O5S. The van der Waals surface area contributed by atoms with Crippen molar-refractivity contribution < 1.29 is 18.1 Å². The second-order valence-corrected chi connectivity index (χ2v) is 7.92. The minimum atomic E-state index is -3.13. The third kappa shape index (κ3) is 4.65. The van der Waals surface area contributed by atoms with Crippen molar-refractivity contribution in [2.75, 3.05) is 25.9 Å². The molecule has 1 aliphatic heterocycles. The van der Waals surface area contributed by atoms with E-state index in [1.54, 1.807) is 12.1 Å². The van der Waals surface area contributed by atoms with Gasteiger partial charge in [-0.25, -0.2) is 13.2 Å². The number of carbonyl (C=O) groups is 1. The topological polar surface area (TPSA) is 110 Å². The summed E-state index contributed by atoms with van der Waals surface area (Å²) in [6.07, 6.45) is 2.11. The second kappa shape index (κ2) is 6.95. The third-order valence-electron chi connectivity index (χ3n) is 3.85. The van der Waals surface area contributed by atoms with Gasteiger partial charge in [0.1, 0.15) is 0 Å². The fourth-order valence-electron chi connectivity index (χ4n) is 2.51. The molecule has 2 rings (SSSR count). The average molecular weight is 341 g/mol. The van der Waals surface area contributed by atoms with Crippen LogP contribution in [0, 0.1) is 10.1 Å². The van der Waals surface area contributed by atoms with Gasteiger partial charge < -0.3 is 10.2 Å². The molecule has 0 aliphatic carbocycles. The van der Waals surface area contributed by atoms with Gasteiger partial charge in [0.05, 0.1) is 10.2 Å². The predicted molar refractivity (Wildman–Crippen MR) is 85.0 cm³/mol. The SMILES string of the molecule is CS(=O)(=O)C1CCN(C(=O)NCCc2cccc([N+](=O)[O-])c2)C1. The van der Waals surface area contributed by atoms with Crippen molar-refractivity contribution in [3.8, 4) is 0 Å². The van der Waals surface area contributed by atoms with E-state index in [2.05, 4.69) is 5.32 Å². The summed E-state index contributed by atoms with van der Waals surface area (Å²) in [6, 6.07) is 5.95. The highest BCUT2D eigenvalue weighted by Gasteiger charge is 2.32. The summed E-state index contributed by atoms with van der Waals surface area (Å²) in [7, 11) is -3.13. The van der Waals surface area contributed by atoms with Gasteiger partial charge in [0, 0.05) is 38.0 Å². The summed E-state index contributed by atoms with van der Waals surface area (Å²) in [5, 5.41) is 12.9. The summed E-state index contributed by atoms with van der Waals surface area (Å²) in [6.45, 7) is 0.960. The van der Waals surface area contributed by atoms with Crippen molar-refractivity contribution in [3.05, 3.63) is 39.9 Å². The Morgan fingerprint density at radius 2 is 2.22 bits per heavy atom. The van der Waals surface area contributed by atoms with Gasteiger partial charge in [-0.1, -0.05) is 12.1 Å². The molecule has 0 saturated carbocycles. The number of amides is 2. The maximum atomic E-state index is 12.0. The van der Waals surface area contributed by atoms with Gasteiger partial charge in [-0.15, -0.1) is 0 Å². The summed E-state index contributed by atoms with van der Waals surface area (Å²) < 4.78 is 22.9. The minimum absolute atomic E-state index is 0.0179. The molecule has 0 bridgehead atoms. The molecule has 1 heterocycles. The Morgan fingerprint density at radius 3 is 2.83 bits per heavy atom. The zero-order valence-corrected chi connectivity index (χ0v) is 13.6. The van der Waals surface area contributed by atoms with Crippen molar-refractivity contribution in [3.63, 3.8) is 0 Å². The van der Waals surface area contributed by atoms with Gasteiger partial charge in [-0.05, 0) is 18.4 Å². The molecule has 0 radical (unpaired) electrons. The molecule has 1 atom stereocenters. The first-order valence-corrected chi connectivity index (χ1v) is 9.18. The van der Waals surface area contributed by atoms with Crippen LogP contribution < -0.4 is 5.32 Å². The first-order valence-electron chi connectivity index (χ1n) is 7.22. The van der Waals surface area contributed by atoms with E-state index in [1.807, 2.05) is 0 Å². The van der Waals surface area contributed by atoms with E-state index in [4.69, 9.17) is 0 Å². The van der Waals surface area contributed by atoms with Gasteiger partial charge in [0.2, 0.25) is 0 Å². The van der Waals surface area contributed by atoms with E-state index in [-0.39, 0.29) is 18.3 Å². The number of likely N-dealkylation sites (tertiary alicyclic amines) is 1. The lowest BCUT2D eigenvalue weighted by Gasteiger charge is -2.17. The summed E-state index contributed by atoms with van der Waals surface area (Å²) in [5.41, 5.74) is 0.777. The quantitative estimate of drug-likeness (QED) is 0.634. The molecule has 2 amide bonds. The molecule has 126 valence electrons. The first-order chi connectivity index (χ1) is 10.8. The molecule has 1 saturated heterocycles. The highest BCUT2D eigenvalue weighted by atomic mass is 32.2. The number of nitro groups is 1. The molecule has 0 aromatic heterocycles. The average Bonchev–Trinajstić information content (AvgIpc) is 2.97. The van der Waals surface area contributed by atoms with Crippen LogP contribution in [0.3, 0.4) is 0 Å². The Bertz CT molecular complexity index is 704. The van der Waals surface area contributed by atoms with Gasteiger partial charge in [-0.2, -0.15) is 0 Å². The van der Waals surface area contributed by atoms with E-state index in [9.17, 15) is 23.3 Å². The lowest BCUT2D eigenvalue weighted by Crippen LogP contribution is -2.40. The zero-order valence-electron chi connectivity index (χ0n) is 12.8. The van der Waals surface area contributed by atoms with E-state index in [0.29, 0.717) is 25.9 Å². The van der Waals surface area contributed by atoms with E-state index in [0.717, 1.165) is 5.56 Å². The van der Waals surface area contributed by atoms with Gasteiger partial charge in [0.25, 0.3) is 5.69 Å². The number of benzene rings is 1. The van der Waals surface area contributed by atoms with E-state index >= 15 is 0 Å². The van der Waals surface area contributed by atoms with Gasteiger partial charge in [-0.3, -0.25) is 10.1 Å². The van der Waals surface area contributed by atoms with Crippen LogP contribution >= 0.6 is 0 Å². The predicted octanol–water partition coefficient (Wildman–Crippen LogP) is 0.966. The van der Waals surface area contributed by atoms with E-state index < -0.39 is 20.0 Å². The molecule has 9 heteroatoms. The lowest BCUT2D eigenvalue weighted by molar-refractivity contribution is -0.384. The number of sulfone groups is 1. The molecule has 8 nitrogen and oxygen atoms in total. The van der Waals surface area contributed by atoms with Crippen LogP contribution in [0.5, 0.6) is 0 Å². The largest absolute Gasteiger partial charge is 0.338 e. The zero-order chi connectivity index (χ0) is 17.0. The highest BCUT2D eigenvalue weighted by molar-refractivity contribution is 7.91. The number of nitro benzene ring substituents is 1. The summed E-state index contributed by atoms with van der Waals surface area (Å²) >= 11 is 0. The fraction of sp³-hybridized carbons (Fsp3) is 0.500. The maximum Gasteiger partial charge on any atom is 0.317 e. The number of carbonyl (C=O) groups excluding carboxylic acids is 1. The Balaban J connectivity index is 1.82. The van der Waals surface area contributed by atoms with Crippen molar-refractivity contribution >= 4 is 21.6 Å². The van der Waals surface area contributed by atoms with Crippen molar-refractivity contribution in [2.45, 2.75) is 18.1 Å². The van der Waals surface area contributed by atoms with Crippen molar-refractivity contribution in [1.82, 2.24) is 10.2 Å². The van der Waals surface area contributed by atoms with Crippen LogP contribution in [0.25, 0.3) is 0 Å². The highest BCUT2D eigenvalue weighted by Crippen LogP contribution is 2.16. The number of hydrogen-bond acceptors (Lipinski definition) is 5. The summed E-state index contributed by atoms with van der Waals surface area (Å²) in [5.74, 6) is 0. The van der Waals surface area contributed by atoms with E-state index in [1.165, 1.54) is 23.3 Å². The maximum absolute atomic E-state index is 12.0. The normalized spacial score (nSPS) is 18.0. The fourth-order valence-corrected chi connectivity index (χ4v) is 3.50. The van der Waals surface area contributed by atoms with Crippen LogP contribution in [0.4, 0.5) is 10.5 Å². The van der Waals surface area contributed by atoms with Crippen LogP contribution in [0.15, 0.2) is 24.3 Å². The Hall–Kier alpha value is -2.16. The van der Waals surface area contributed by atoms with Gasteiger partial charge >= 0.3 is 6.03 Å². The Morgan fingerprint density at radius 1 is 1.48 bits per heavy atom. The second-order valence-electron chi connectivity index (χ2n) is 5.60. The number of hydrogen-bond donors (Lipinski definition) is 1. The van der Waals surface area contributed by atoms with Crippen LogP contribution in [-0.4, -0.2) is 55.4 Å². The molecule has 1 unspecified atom stereocenters. The van der Waals surface area contributed by atoms with Gasteiger partial charge in [0.15, 0.2) is 9.84 Å². The molecule has 0 spiro atoms. The number of nitrogens with zero attached hydrogens (tertiary/aromatic N) is 2. The summed E-state index contributed by atoms with van der Waals surface area (Å²) in [4.78, 5) is 23.7. The smallest absolute Gasteiger partial charge is 0.317 e. The number of non-ortho nitro benzene ring substituents is 1. The van der Waals surface area contributed by atoms with Crippen LogP contribution in [0.2, 0.25) is 0 Å². The van der Waals surface area contributed by atoms with Crippen LogP contribution in [0.1, 0.15) is 12.0 Å². The molecule has 1 aromatic rings. The minimum Gasteiger partial charge on any atom is -0.338 e. The molecule has 1 fully saturated rings. The number of urea groups is 1. The monoisotopic (exact) mass is 341 g/mol. The lowest BCUT2D eigenvalue weighted by atomic mass is 10.1. The van der Waals surface area contributed by atoms with Crippen molar-refractivity contribution in [2.24, 2.45) is 0 Å². The Kier molecular flexibility index (Phi) is 5.19. The van der Waals surface area contributed by atoms with Crippen molar-refractivity contribution in [1.29, 1.82) is 0 Å². The van der Waals surface area contributed by atoms with Crippen LogP contribution in [-0.2, 0) is 16.3 Å². The standard InChI is InChI=1S/C14H19N3O5S/c1-23(21,22)13-6-8-16(10-13)14(18)15-7-5-11-3-2-4-12(9-11)17(19)20/h2-4,9,13H,5-8,10H2,1H3,(H,15,18).